The van der Waals surface area contributed by atoms with Crippen molar-refractivity contribution in [3.05, 3.63) is 244 Å². The van der Waals surface area contributed by atoms with Crippen LogP contribution >= 0.6 is 10.1 Å². The van der Waals surface area contributed by atoms with Gasteiger partial charge in [-0.2, -0.15) is 0 Å². The van der Waals surface area contributed by atoms with Crippen LogP contribution in [0.5, 0.6) is 5.75 Å². The number of aromatic hydroxyl groups is 1. The van der Waals surface area contributed by atoms with Gasteiger partial charge in [0.05, 0.1) is 17.2 Å². The molecule has 0 spiro atoms. The third-order valence-electron chi connectivity index (χ3n) is 10.1. The van der Waals surface area contributed by atoms with Gasteiger partial charge in [0.2, 0.25) is 0 Å². The van der Waals surface area contributed by atoms with Crippen molar-refractivity contribution in [1.29, 1.82) is 0 Å². The molecule has 0 aliphatic rings. The van der Waals surface area contributed by atoms with Gasteiger partial charge in [-0.1, -0.05) is 190 Å². The molecule has 0 fully saturated rings. The van der Waals surface area contributed by atoms with Crippen LogP contribution in [0.1, 0.15) is 87.9 Å². The van der Waals surface area contributed by atoms with Gasteiger partial charge in [-0.05, 0) is 57.5 Å². The van der Waals surface area contributed by atoms with Crippen LogP contribution < -0.4 is 0 Å². The zero-order valence-corrected chi connectivity index (χ0v) is 34.0. The predicted molar refractivity (Wildman–Crippen MR) is 229 cm³/mol. The molecule has 1 heterocycles. The molecule has 7 rings (SSSR count). The average molecular weight is 809 g/mol. The van der Waals surface area contributed by atoms with E-state index in [-0.39, 0.29) is 16.9 Å². The molecule has 0 aliphatic carbocycles. The first kappa shape index (κ1) is 40.9. The molecule has 7 heteroatoms. The van der Waals surface area contributed by atoms with Crippen molar-refractivity contribution in [1.82, 2.24) is 4.98 Å². The van der Waals surface area contributed by atoms with E-state index in [0.29, 0.717) is 5.56 Å². The first-order chi connectivity index (χ1) is 27.8. The van der Waals surface area contributed by atoms with Gasteiger partial charge in [-0.25, -0.2) is 0 Å². The average Bonchev–Trinajstić information content (AvgIpc) is 3.27. The number of phenolic OH excluding ortho intramolecular Hbond substituents is 1. The van der Waals surface area contributed by atoms with Gasteiger partial charge in [-0.3, -0.25) is 9.98 Å². The summed E-state index contributed by atoms with van der Waals surface area (Å²) in [6.45, 7) is 6.54. The number of nitrogens with zero attached hydrogens (tertiary/aromatic N) is 3. The van der Waals surface area contributed by atoms with Crippen LogP contribution in [-0.2, 0) is 25.9 Å². The number of benzene rings is 6. The van der Waals surface area contributed by atoms with Gasteiger partial charge in [0, 0.05) is 23.5 Å². The Labute approximate surface area is 348 Å². The van der Waals surface area contributed by atoms with Gasteiger partial charge < -0.3 is 15.2 Å². The van der Waals surface area contributed by atoms with Crippen molar-refractivity contribution >= 4 is 22.2 Å². The normalized spacial score (nSPS) is 12.6. The van der Waals surface area contributed by atoms with Crippen LogP contribution in [0, 0.1) is 0 Å². The minimum atomic E-state index is -0.881. The third-order valence-corrected chi connectivity index (χ3v) is 10.1. The van der Waals surface area contributed by atoms with Crippen LogP contribution in [-0.4, -0.2) is 22.2 Å². The summed E-state index contributed by atoms with van der Waals surface area (Å²) < 4.78 is 0. The van der Waals surface area contributed by atoms with E-state index in [2.05, 4.69) is 93.4 Å². The number of pyridine rings is 1. The van der Waals surface area contributed by atoms with E-state index in [0.717, 1.165) is 38.9 Å². The summed E-state index contributed by atoms with van der Waals surface area (Å²) in [5.41, 5.74) is 6.24. The molecule has 285 valence electrons. The van der Waals surface area contributed by atoms with Crippen molar-refractivity contribution < 1.29 is 25.0 Å². The summed E-state index contributed by atoms with van der Waals surface area (Å²) in [4.78, 5) is 23.2. The van der Waals surface area contributed by atoms with E-state index >= 15 is 0 Å². The Hall–Kier alpha value is -5.78. The third kappa shape index (κ3) is 9.11. The maximum absolute atomic E-state index is 13.7. The Kier molecular flexibility index (Phi) is 13.6. The topological polar surface area (TPSA) is 76.7 Å². The van der Waals surface area contributed by atoms with Crippen molar-refractivity contribution in [3.63, 3.8) is 0 Å². The number of carbonyl (C=O) groups is 1. The van der Waals surface area contributed by atoms with Crippen molar-refractivity contribution in [2.75, 3.05) is 0 Å². The number of rotatable bonds is 11. The summed E-state index contributed by atoms with van der Waals surface area (Å²) >= 11 is 2.41. The standard InChI is InChI=1S/C50H45N3O2.ClH.Mn/c1-49(2,3)42-33-38(47(54)43(34-42)50(39-25-13-6-14-26-39,40-27-15-7-16-28-40)41-29-17-8-18-30-41)35-52-45(36-21-9-4-10-22-36)46(37-23-11-5-12-24-37)53-48(55)44-31-19-20-32-51-44;;/h4-35,45-46H,1-3H3,(H2,52,53,54,55);1H;/q;;+2/p-2/t45-,46-;;/m1../s1. The predicted octanol–water partition coefficient (Wildman–Crippen LogP) is 12.3. The molecule has 0 unspecified atom stereocenters. The van der Waals surface area contributed by atoms with E-state index in [4.69, 9.17) is 10.3 Å². The molecule has 57 heavy (non-hydrogen) atoms. The summed E-state index contributed by atoms with van der Waals surface area (Å²) in [7, 11) is 4.45. The molecule has 2 atom stereocenters. The molecule has 0 radical (unpaired) electrons. The van der Waals surface area contributed by atoms with Crippen LogP contribution in [0.25, 0.3) is 5.32 Å². The summed E-state index contributed by atoms with van der Waals surface area (Å²) in [6.07, 6.45) is 3.35. The molecule has 1 aromatic heterocycles. The van der Waals surface area contributed by atoms with E-state index in [1.54, 1.807) is 30.6 Å². The second kappa shape index (κ2) is 18.9. The van der Waals surface area contributed by atoms with E-state index in [1.165, 1.54) is 0 Å². The minimum absolute atomic E-state index is 0.123. The van der Waals surface area contributed by atoms with Gasteiger partial charge in [0.25, 0.3) is 0 Å². The molecule has 0 saturated carbocycles. The Morgan fingerprint density at radius 3 is 1.56 bits per heavy atom. The van der Waals surface area contributed by atoms with Crippen molar-refractivity contribution in [3.8, 4) is 5.75 Å². The number of phenols is 1. The summed E-state index contributed by atoms with van der Waals surface area (Å²) in [6, 6.07) is 58.9. The number of hydrogen-bond donors (Lipinski definition) is 1. The molecule has 0 aliphatic heterocycles. The number of carbonyl (C=O) groups excluding carboxylic acids is 1. The van der Waals surface area contributed by atoms with Gasteiger partial charge >= 0.3 is 25.2 Å². The summed E-state index contributed by atoms with van der Waals surface area (Å²) in [5, 5.41) is 17.5. The Morgan fingerprint density at radius 2 is 1.11 bits per heavy atom. The monoisotopic (exact) mass is 808 g/mol. The van der Waals surface area contributed by atoms with Crippen LogP contribution in [0.4, 0.5) is 0 Å². The van der Waals surface area contributed by atoms with Crippen LogP contribution in [0.2, 0.25) is 0 Å². The zero-order chi connectivity index (χ0) is 40.3. The van der Waals surface area contributed by atoms with E-state index in [1.807, 2.05) is 121 Å². The molecular weight excluding hydrogens is 765 g/mol. The van der Waals surface area contributed by atoms with Crippen LogP contribution in [0.15, 0.2) is 193 Å². The SMILES string of the molecule is CC(C)(C)c1cc(C=N[C@H](c2ccccc2)[C@H]([N-]C(=O)c2ccccn2)c2ccccc2)c(O)c(C(c2ccccc2)(c2ccccc2)c2ccccc2)c1.[Cl][Mn+]. The fraction of sp³-hybridized carbons (Fsp3) is 0.140. The molecular formula is C50H44ClMnN3O2. The second-order valence-corrected chi connectivity index (χ2v) is 14.7. The molecule has 0 bridgehead atoms. The maximum atomic E-state index is 13.7. The Morgan fingerprint density at radius 1 is 0.649 bits per heavy atom. The Bertz CT molecular complexity index is 2260. The number of halogens is 1. The fourth-order valence-corrected chi connectivity index (χ4v) is 7.33. The number of amides is 1. The van der Waals surface area contributed by atoms with E-state index < -0.39 is 23.4 Å². The first-order valence-electron chi connectivity index (χ1n) is 18.7. The molecule has 5 nitrogen and oxygen atoms in total. The summed E-state index contributed by atoms with van der Waals surface area (Å²) in [5.74, 6) is -0.304. The zero-order valence-electron chi connectivity index (χ0n) is 32.1. The number of aromatic nitrogens is 1. The molecule has 6 aromatic carbocycles. The van der Waals surface area contributed by atoms with Gasteiger partial charge in [0.15, 0.2) is 0 Å². The van der Waals surface area contributed by atoms with Crippen molar-refractivity contribution in [2.45, 2.75) is 43.7 Å². The van der Waals surface area contributed by atoms with Gasteiger partial charge in [0.1, 0.15) is 11.7 Å². The second-order valence-electron chi connectivity index (χ2n) is 14.7. The number of hydrogen-bond acceptors (Lipinski definition) is 4. The van der Waals surface area contributed by atoms with Gasteiger partial charge in [-0.15, -0.1) is 0 Å². The molecule has 1 amide bonds. The van der Waals surface area contributed by atoms with Crippen LogP contribution in [0.3, 0.4) is 0 Å². The number of aliphatic imine (C=N–C) groups is 1. The Balaban J connectivity index is 0.00000270. The molecule has 1 N–H and O–H groups in total. The van der Waals surface area contributed by atoms with E-state index in [9.17, 15) is 9.90 Å². The molecule has 0 saturated heterocycles. The molecule has 7 aromatic rings. The first-order valence-corrected chi connectivity index (χ1v) is 20.4. The fourth-order valence-electron chi connectivity index (χ4n) is 7.33. The quantitative estimate of drug-likeness (QED) is 0.0803. The van der Waals surface area contributed by atoms with Crippen molar-refractivity contribution in [2.24, 2.45) is 4.99 Å².